The molecule has 1 heterocycles. The van der Waals surface area contributed by atoms with Gasteiger partial charge in [-0.1, -0.05) is 0 Å². The van der Waals surface area contributed by atoms with Crippen LogP contribution in [0.5, 0.6) is 0 Å². The van der Waals surface area contributed by atoms with E-state index in [1.165, 1.54) is 7.05 Å². The molecule has 0 aliphatic carbocycles. The first-order valence-corrected chi connectivity index (χ1v) is 4.97. The van der Waals surface area contributed by atoms with Crippen LogP contribution >= 0.6 is 0 Å². The van der Waals surface area contributed by atoms with Gasteiger partial charge in [0, 0.05) is 23.8 Å². The third-order valence-corrected chi connectivity index (χ3v) is 2.65. The normalized spacial score (nSPS) is 11.9. The zero-order chi connectivity index (χ0) is 12.0. The van der Waals surface area contributed by atoms with E-state index in [0.29, 0.717) is 5.56 Å². The summed E-state index contributed by atoms with van der Waals surface area (Å²) in [6.07, 6.45) is 0. The summed E-state index contributed by atoms with van der Waals surface area (Å²) in [6.45, 7) is 9.41. The quantitative estimate of drug-likeness (QED) is 0.639. The summed E-state index contributed by atoms with van der Waals surface area (Å²) in [4.78, 5) is 23.6. The van der Waals surface area contributed by atoms with Gasteiger partial charge >= 0.3 is 5.69 Å². The Hall–Kier alpha value is -1.32. The molecule has 0 amide bonds. The molecule has 0 radical (unpaired) electrons. The van der Waals surface area contributed by atoms with E-state index in [4.69, 9.17) is 0 Å². The first-order valence-electron chi connectivity index (χ1n) is 4.97. The second-order valence-electron chi connectivity index (χ2n) is 4.86. The van der Waals surface area contributed by atoms with Crippen LogP contribution in [0, 0.1) is 13.8 Å². The maximum absolute atomic E-state index is 11.9. The fourth-order valence-corrected chi connectivity index (χ4v) is 1.74. The minimum Gasteiger partial charge on any atom is -0.292 e. The molecule has 4 heteroatoms. The van der Waals surface area contributed by atoms with Crippen molar-refractivity contribution in [3.8, 4) is 0 Å². The number of hydrogen-bond donors (Lipinski definition) is 0. The second kappa shape index (κ2) is 3.36. The molecule has 1 rings (SSSR count). The standard InChI is InChI=1S/C11H18N2O2/c1-7-8(2)13(11(3,4)5)10(15)12(6)9(7)14/h1-6H3. The Labute approximate surface area is 89.2 Å². The average molecular weight is 210 g/mol. The predicted molar refractivity (Wildman–Crippen MR) is 60.4 cm³/mol. The van der Waals surface area contributed by atoms with Gasteiger partial charge in [-0.25, -0.2) is 4.79 Å². The molecule has 0 aromatic carbocycles. The minimum absolute atomic E-state index is 0.210. The van der Waals surface area contributed by atoms with E-state index in [2.05, 4.69) is 0 Å². The van der Waals surface area contributed by atoms with Crippen molar-refractivity contribution in [1.82, 2.24) is 9.13 Å². The van der Waals surface area contributed by atoms with Crippen molar-refractivity contribution in [2.75, 3.05) is 0 Å². The highest BCUT2D eigenvalue weighted by atomic mass is 16.2. The topological polar surface area (TPSA) is 44.0 Å². The lowest BCUT2D eigenvalue weighted by molar-refractivity contribution is 0.357. The highest BCUT2D eigenvalue weighted by molar-refractivity contribution is 5.16. The van der Waals surface area contributed by atoms with E-state index in [-0.39, 0.29) is 16.8 Å². The summed E-state index contributed by atoms with van der Waals surface area (Å²) < 4.78 is 2.82. The number of nitrogens with zero attached hydrogens (tertiary/aromatic N) is 2. The fourth-order valence-electron chi connectivity index (χ4n) is 1.74. The molecule has 0 fully saturated rings. The Bertz CT molecular complexity index is 501. The Kier molecular flexibility index (Phi) is 2.63. The third-order valence-electron chi connectivity index (χ3n) is 2.65. The average Bonchev–Trinajstić information content (AvgIpc) is 2.09. The van der Waals surface area contributed by atoms with Gasteiger partial charge < -0.3 is 0 Å². The zero-order valence-corrected chi connectivity index (χ0v) is 10.2. The van der Waals surface area contributed by atoms with E-state index in [1.54, 1.807) is 11.5 Å². The van der Waals surface area contributed by atoms with Crippen molar-refractivity contribution < 1.29 is 0 Å². The first-order chi connectivity index (χ1) is 6.68. The van der Waals surface area contributed by atoms with Crippen LogP contribution in [0.1, 0.15) is 32.0 Å². The van der Waals surface area contributed by atoms with Gasteiger partial charge in [0.1, 0.15) is 0 Å². The molecular weight excluding hydrogens is 192 g/mol. The molecule has 0 N–H and O–H groups in total. The molecule has 0 spiro atoms. The summed E-state index contributed by atoms with van der Waals surface area (Å²) in [7, 11) is 1.51. The Balaban J connectivity index is 3.85. The molecule has 1 aromatic rings. The highest BCUT2D eigenvalue weighted by Gasteiger charge is 2.20. The molecule has 15 heavy (non-hydrogen) atoms. The van der Waals surface area contributed by atoms with Crippen molar-refractivity contribution in [1.29, 1.82) is 0 Å². The summed E-state index contributed by atoms with van der Waals surface area (Å²) >= 11 is 0. The van der Waals surface area contributed by atoms with Crippen LogP contribution in [-0.4, -0.2) is 9.13 Å². The van der Waals surface area contributed by atoms with Gasteiger partial charge in [0.15, 0.2) is 0 Å². The molecule has 0 saturated carbocycles. The fraction of sp³-hybridized carbons (Fsp3) is 0.636. The van der Waals surface area contributed by atoms with E-state index < -0.39 is 0 Å². The van der Waals surface area contributed by atoms with Crippen molar-refractivity contribution in [3.05, 3.63) is 32.1 Å². The van der Waals surface area contributed by atoms with Crippen LogP contribution in [0.25, 0.3) is 0 Å². The van der Waals surface area contributed by atoms with Gasteiger partial charge in [0.2, 0.25) is 0 Å². The number of aromatic nitrogens is 2. The zero-order valence-electron chi connectivity index (χ0n) is 10.2. The van der Waals surface area contributed by atoms with Crippen LogP contribution in [0.4, 0.5) is 0 Å². The lowest BCUT2D eigenvalue weighted by Crippen LogP contribution is -2.46. The Morgan fingerprint density at radius 3 is 1.93 bits per heavy atom. The highest BCUT2D eigenvalue weighted by Crippen LogP contribution is 2.13. The van der Waals surface area contributed by atoms with Gasteiger partial charge in [-0.2, -0.15) is 0 Å². The summed E-state index contributed by atoms with van der Waals surface area (Å²) in [5, 5.41) is 0. The van der Waals surface area contributed by atoms with E-state index in [9.17, 15) is 9.59 Å². The molecule has 0 unspecified atom stereocenters. The maximum atomic E-state index is 11.9. The number of rotatable bonds is 0. The largest absolute Gasteiger partial charge is 0.331 e. The van der Waals surface area contributed by atoms with Crippen LogP contribution in [0.2, 0.25) is 0 Å². The number of hydrogen-bond acceptors (Lipinski definition) is 2. The Morgan fingerprint density at radius 1 is 1.07 bits per heavy atom. The summed E-state index contributed by atoms with van der Waals surface area (Å²) in [6, 6.07) is 0. The molecule has 0 aliphatic heterocycles. The lowest BCUT2D eigenvalue weighted by atomic mass is 10.1. The van der Waals surface area contributed by atoms with E-state index in [1.807, 2.05) is 27.7 Å². The van der Waals surface area contributed by atoms with Gasteiger partial charge in [-0.15, -0.1) is 0 Å². The van der Waals surface area contributed by atoms with Gasteiger partial charge in [0.05, 0.1) is 0 Å². The SMILES string of the molecule is Cc1c(C)n(C(C)(C)C)c(=O)n(C)c1=O. The lowest BCUT2D eigenvalue weighted by Gasteiger charge is -2.26. The van der Waals surface area contributed by atoms with Crippen molar-refractivity contribution in [2.24, 2.45) is 7.05 Å². The molecule has 0 saturated heterocycles. The van der Waals surface area contributed by atoms with Crippen LogP contribution < -0.4 is 11.2 Å². The third kappa shape index (κ3) is 1.76. The molecular formula is C11H18N2O2. The second-order valence-corrected chi connectivity index (χ2v) is 4.86. The molecule has 0 aliphatic rings. The van der Waals surface area contributed by atoms with Crippen molar-refractivity contribution in [2.45, 2.75) is 40.2 Å². The van der Waals surface area contributed by atoms with Gasteiger partial charge in [-0.05, 0) is 34.6 Å². The molecule has 84 valence electrons. The molecule has 4 nitrogen and oxygen atoms in total. The summed E-state index contributed by atoms with van der Waals surface area (Å²) in [5.41, 5.74) is 0.605. The molecule has 0 atom stereocenters. The molecule has 1 aromatic heterocycles. The smallest absolute Gasteiger partial charge is 0.292 e. The maximum Gasteiger partial charge on any atom is 0.331 e. The minimum atomic E-state index is -0.308. The van der Waals surface area contributed by atoms with Crippen molar-refractivity contribution in [3.63, 3.8) is 0 Å². The first kappa shape index (κ1) is 11.8. The predicted octanol–water partition coefficient (Wildman–Crippen LogP) is 0.919. The monoisotopic (exact) mass is 210 g/mol. The molecule has 0 bridgehead atoms. The van der Waals surface area contributed by atoms with Gasteiger partial charge in [-0.3, -0.25) is 13.9 Å². The van der Waals surface area contributed by atoms with E-state index >= 15 is 0 Å². The van der Waals surface area contributed by atoms with Crippen LogP contribution in [0.3, 0.4) is 0 Å². The van der Waals surface area contributed by atoms with Crippen LogP contribution in [0.15, 0.2) is 9.59 Å². The van der Waals surface area contributed by atoms with Crippen LogP contribution in [-0.2, 0) is 12.6 Å². The summed E-state index contributed by atoms with van der Waals surface area (Å²) in [5.74, 6) is 0. The van der Waals surface area contributed by atoms with Gasteiger partial charge in [0.25, 0.3) is 5.56 Å². The van der Waals surface area contributed by atoms with Crippen molar-refractivity contribution >= 4 is 0 Å². The Morgan fingerprint density at radius 2 is 1.53 bits per heavy atom. The van der Waals surface area contributed by atoms with E-state index in [0.717, 1.165) is 10.3 Å².